The van der Waals surface area contributed by atoms with Crippen LogP contribution in [0.3, 0.4) is 0 Å². The van der Waals surface area contributed by atoms with Gasteiger partial charge >= 0.3 is 0 Å². The summed E-state index contributed by atoms with van der Waals surface area (Å²) in [5, 5.41) is 13.5. The fourth-order valence-electron chi connectivity index (χ4n) is 2.81. The number of aromatic nitrogens is 2. The summed E-state index contributed by atoms with van der Waals surface area (Å²) in [4.78, 5) is 24.4. The maximum absolute atomic E-state index is 13.7. The molecule has 0 atom stereocenters. The Balaban J connectivity index is 1.56. The highest BCUT2D eigenvalue weighted by Gasteiger charge is 2.15. The molecule has 9 heteroatoms. The van der Waals surface area contributed by atoms with Gasteiger partial charge in [0.05, 0.1) is 11.3 Å². The first-order valence-electron chi connectivity index (χ1n) is 8.73. The summed E-state index contributed by atoms with van der Waals surface area (Å²) in [7, 11) is 0. The first kappa shape index (κ1) is 20.9. The summed E-state index contributed by atoms with van der Waals surface area (Å²) in [5.41, 5.74) is 3.91. The quantitative estimate of drug-likeness (QED) is 0.442. The topological polar surface area (TPSA) is 84.0 Å². The number of carbonyl (C=O) groups is 2. The molecule has 2 N–H and O–H groups in total. The van der Waals surface area contributed by atoms with Crippen LogP contribution in [-0.2, 0) is 4.79 Å². The lowest BCUT2D eigenvalue weighted by atomic mass is 10.1. The van der Waals surface area contributed by atoms with Crippen LogP contribution >= 0.6 is 23.1 Å². The van der Waals surface area contributed by atoms with E-state index in [1.165, 1.54) is 30.0 Å². The summed E-state index contributed by atoms with van der Waals surface area (Å²) in [5.74, 6) is -1.21. The normalized spacial score (nSPS) is 10.6. The van der Waals surface area contributed by atoms with Crippen LogP contribution in [0, 0.1) is 26.6 Å². The Kier molecular flexibility index (Phi) is 6.60. The molecule has 0 saturated heterocycles. The summed E-state index contributed by atoms with van der Waals surface area (Å²) in [6, 6.07) is 9.73. The minimum Gasteiger partial charge on any atom is -0.325 e. The number of halogens is 1. The van der Waals surface area contributed by atoms with Crippen molar-refractivity contribution in [2.75, 3.05) is 16.4 Å². The Bertz CT molecular complexity index is 1050. The monoisotopic (exact) mass is 430 g/mol. The van der Waals surface area contributed by atoms with Crippen LogP contribution < -0.4 is 10.6 Å². The van der Waals surface area contributed by atoms with Crippen molar-refractivity contribution in [3.63, 3.8) is 0 Å². The van der Waals surface area contributed by atoms with E-state index in [0.29, 0.717) is 4.34 Å². The SMILES string of the molecule is Cc1cc(C)c(NC(=O)CSc2nnc(NC(=O)c3ccccc3F)s2)c(C)c1. The van der Waals surface area contributed by atoms with Crippen molar-refractivity contribution >= 4 is 45.7 Å². The molecule has 0 saturated carbocycles. The van der Waals surface area contributed by atoms with E-state index < -0.39 is 11.7 Å². The van der Waals surface area contributed by atoms with Gasteiger partial charge in [0.2, 0.25) is 11.0 Å². The molecule has 29 heavy (non-hydrogen) atoms. The van der Waals surface area contributed by atoms with Gasteiger partial charge in [-0.1, -0.05) is 52.9 Å². The van der Waals surface area contributed by atoms with Crippen molar-refractivity contribution in [1.82, 2.24) is 10.2 Å². The third kappa shape index (κ3) is 5.39. The maximum Gasteiger partial charge on any atom is 0.260 e. The number of hydrogen-bond acceptors (Lipinski definition) is 6. The zero-order valence-electron chi connectivity index (χ0n) is 16.1. The van der Waals surface area contributed by atoms with E-state index in [4.69, 9.17) is 0 Å². The molecule has 2 amide bonds. The van der Waals surface area contributed by atoms with Gasteiger partial charge < -0.3 is 5.32 Å². The molecule has 0 radical (unpaired) electrons. The van der Waals surface area contributed by atoms with E-state index in [9.17, 15) is 14.0 Å². The molecule has 0 bridgehead atoms. The molecule has 0 aliphatic carbocycles. The van der Waals surface area contributed by atoms with Gasteiger partial charge in [0.25, 0.3) is 5.91 Å². The van der Waals surface area contributed by atoms with Crippen molar-refractivity contribution in [3.05, 3.63) is 64.5 Å². The van der Waals surface area contributed by atoms with Crippen molar-refractivity contribution in [2.45, 2.75) is 25.1 Å². The summed E-state index contributed by atoms with van der Waals surface area (Å²) in [6.45, 7) is 5.93. The highest BCUT2D eigenvalue weighted by molar-refractivity contribution is 8.01. The van der Waals surface area contributed by atoms with E-state index in [1.807, 2.05) is 32.9 Å². The molecule has 0 aliphatic heterocycles. The largest absolute Gasteiger partial charge is 0.325 e. The third-order valence-corrected chi connectivity index (χ3v) is 5.99. The van der Waals surface area contributed by atoms with Crippen LogP contribution in [0.5, 0.6) is 0 Å². The van der Waals surface area contributed by atoms with Crippen LogP contribution in [0.25, 0.3) is 0 Å². The molecule has 0 unspecified atom stereocenters. The molecule has 1 heterocycles. The number of thioether (sulfide) groups is 1. The first-order valence-corrected chi connectivity index (χ1v) is 10.5. The van der Waals surface area contributed by atoms with Gasteiger partial charge in [-0.05, 0) is 44.0 Å². The molecule has 1 aromatic heterocycles. The highest BCUT2D eigenvalue weighted by atomic mass is 32.2. The number of hydrogen-bond donors (Lipinski definition) is 2. The molecule has 6 nitrogen and oxygen atoms in total. The van der Waals surface area contributed by atoms with Gasteiger partial charge in [0, 0.05) is 5.69 Å². The molecule has 2 aromatic carbocycles. The lowest BCUT2D eigenvalue weighted by molar-refractivity contribution is -0.113. The number of nitrogens with zero attached hydrogens (tertiary/aromatic N) is 2. The lowest BCUT2D eigenvalue weighted by Crippen LogP contribution is -2.15. The van der Waals surface area contributed by atoms with Crippen LogP contribution in [0.2, 0.25) is 0 Å². The Morgan fingerprint density at radius 2 is 1.76 bits per heavy atom. The van der Waals surface area contributed by atoms with Gasteiger partial charge in [-0.15, -0.1) is 10.2 Å². The Morgan fingerprint density at radius 3 is 2.45 bits per heavy atom. The minimum absolute atomic E-state index is 0.0693. The van der Waals surface area contributed by atoms with E-state index in [2.05, 4.69) is 20.8 Å². The Morgan fingerprint density at radius 1 is 1.07 bits per heavy atom. The third-order valence-electron chi connectivity index (χ3n) is 4.01. The Hall–Kier alpha value is -2.78. The fraction of sp³-hybridized carbons (Fsp3) is 0.200. The van der Waals surface area contributed by atoms with Crippen molar-refractivity contribution in [3.8, 4) is 0 Å². The molecular formula is C20H19FN4O2S2. The van der Waals surface area contributed by atoms with Crippen LogP contribution in [0.1, 0.15) is 27.0 Å². The van der Waals surface area contributed by atoms with Crippen LogP contribution in [0.4, 0.5) is 15.2 Å². The summed E-state index contributed by atoms with van der Waals surface area (Å²) in [6.07, 6.45) is 0. The standard InChI is InChI=1S/C20H19FN4O2S2/c1-11-8-12(2)17(13(3)9-11)22-16(26)10-28-20-25-24-19(29-20)23-18(27)14-6-4-5-7-15(14)21/h4-9H,10H2,1-3H3,(H,22,26)(H,23,24,27). The van der Waals surface area contributed by atoms with E-state index in [0.717, 1.165) is 33.7 Å². The van der Waals surface area contributed by atoms with Gasteiger partial charge in [0.1, 0.15) is 5.82 Å². The smallest absolute Gasteiger partial charge is 0.260 e. The Labute approximate surface area is 175 Å². The number of carbonyl (C=O) groups excluding carboxylic acids is 2. The second-order valence-corrected chi connectivity index (χ2v) is 8.62. The molecule has 3 rings (SSSR count). The molecular weight excluding hydrogens is 411 g/mol. The molecule has 3 aromatic rings. The highest BCUT2D eigenvalue weighted by Crippen LogP contribution is 2.27. The molecule has 0 fully saturated rings. The van der Waals surface area contributed by atoms with E-state index >= 15 is 0 Å². The molecule has 0 aliphatic rings. The van der Waals surface area contributed by atoms with Crippen LogP contribution in [-0.4, -0.2) is 27.8 Å². The fourth-order valence-corrected chi connectivity index (χ4v) is 4.36. The number of rotatable bonds is 6. The molecule has 0 spiro atoms. The van der Waals surface area contributed by atoms with Crippen molar-refractivity contribution in [2.24, 2.45) is 0 Å². The van der Waals surface area contributed by atoms with Crippen molar-refractivity contribution < 1.29 is 14.0 Å². The van der Waals surface area contributed by atoms with E-state index in [-0.39, 0.29) is 22.4 Å². The summed E-state index contributed by atoms with van der Waals surface area (Å²) < 4.78 is 14.2. The van der Waals surface area contributed by atoms with Gasteiger partial charge in [-0.3, -0.25) is 14.9 Å². The second-order valence-electron chi connectivity index (χ2n) is 6.42. The summed E-state index contributed by atoms with van der Waals surface area (Å²) >= 11 is 2.34. The zero-order chi connectivity index (χ0) is 21.0. The van der Waals surface area contributed by atoms with Gasteiger partial charge in [-0.2, -0.15) is 0 Å². The number of anilines is 2. The second kappa shape index (κ2) is 9.15. The number of benzene rings is 2. The zero-order valence-corrected chi connectivity index (χ0v) is 17.7. The first-order chi connectivity index (χ1) is 13.8. The number of nitrogens with one attached hydrogen (secondary N) is 2. The number of aryl methyl sites for hydroxylation is 3. The predicted octanol–water partition coefficient (Wildman–Crippen LogP) is 4.59. The molecule has 150 valence electrons. The predicted molar refractivity (Wildman–Crippen MR) is 114 cm³/mol. The number of amides is 2. The van der Waals surface area contributed by atoms with E-state index in [1.54, 1.807) is 6.07 Å². The van der Waals surface area contributed by atoms with Crippen molar-refractivity contribution in [1.29, 1.82) is 0 Å². The minimum atomic E-state index is -0.609. The van der Waals surface area contributed by atoms with Gasteiger partial charge in [-0.25, -0.2) is 4.39 Å². The maximum atomic E-state index is 13.7. The average Bonchev–Trinajstić information content (AvgIpc) is 3.10. The lowest BCUT2D eigenvalue weighted by Gasteiger charge is -2.12. The average molecular weight is 431 g/mol. The van der Waals surface area contributed by atoms with Crippen LogP contribution in [0.15, 0.2) is 40.7 Å². The van der Waals surface area contributed by atoms with Gasteiger partial charge in [0.15, 0.2) is 4.34 Å².